The molecule has 6 atom stereocenters. The number of ether oxygens (including phenoxy) is 1. The molecule has 0 radical (unpaired) electrons. The van der Waals surface area contributed by atoms with Crippen LogP contribution in [0.5, 0.6) is 0 Å². The number of hydrogen-bond donors (Lipinski definition) is 4. The maximum absolute atomic E-state index is 10.2. The molecule has 0 bridgehead atoms. The SMILES string of the molecule is CC(C)C(C)C1(N)N=CN=C2C1=NCN2[C@@H]1O[C@H](CO)[C@@H](O)[C@H]1O. The normalized spacial score (nSPS) is 39.9. The first kappa shape index (κ1) is 17.4. The van der Waals surface area contributed by atoms with Crippen molar-refractivity contribution in [3.8, 4) is 0 Å². The van der Waals surface area contributed by atoms with E-state index in [1.54, 1.807) is 4.90 Å². The molecule has 134 valence electrons. The van der Waals surface area contributed by atoms with Crippen LogP contribution < -0.4 is 5.73 Å². The van der Waals surface area contributed by atoms with E-state index in [1.807, 2.05) is 6.92 Å². The largest absolute Gasteiger partial charge is 0.394 e. The van der Waals surface area contributed by atoms with Gasteiger partial charge in [0.1, 0.15) is 37.0 Å². The molecule has 2 unspecified atom stereocenters. The lowest BCUT2D eigenvalue weighted by Crippen LogP contribution is -2.59. The predicted octanol–water partition coefficient (Wildman–Crippen LogP) is -1.47. The fraction of sp³-hybridized carbons (Fsp3) is 0.800. The minimum absolute atomic E-state index is 0.0307. The van der Waals surface area contributed by atoms with Gasteiger partial charge in [-0.15, -0.1) is 0 Å². The van der Waals surface area contributed by atoms with Crippen LogP contribution in [0.15, 0.2) is 15.0 Å². The first-order valence-corrected chi connectivity index (χ1v) is 8.16. The van der Waals surface area contributed by atoms with Gasteiger partial charge in [-0.1, -0.05) is 20.8 Å². The van der Waals surface area contributed by atoms with Gasteiger partial charge in [-0.25, -0.2) is 9.98 Å². The Morgan fingerprint density at radius 3 is 2.67 bits per heavy atom. The number of amidine groups is 1. The van der Waals surface area contributed by atoms with E-state index in [-0.39, 0.29) is 25.1 Å². The zero-order chi connectivity index (χ0) is 17.6. The minimum atomic E-state index is -1.17. The van der Waals surface area contributed by atoms with Crippen molar-refractivity contribution >= 4 is 17.9 Å². The lowest BCUT2D eigenvalue weighted by Gasteiger charge is -2.37. The number of aliphatic hydroxyl groups is 3. The zero-order valence-electron chi connectivity index (χ0n) is 14.1. The van der Waals surface area contributed by atoms with Crippen molar-refractivity contribution in [2.24, 2.45) is 32.5 Å². The van der Waals surface area contributed by atoms with Crippen molar-refractivity contribution in [2.75, 3.05) is 13.3 Å². The third kappa shape index (κ3) is 2.47. The van der Waals surface area contributed by atoms with Gasteiger partial charge in [-0.2, -0.15) is 0 Å². The van der Waals surface area contributed by atoms with E-state index in [0.717, 1.165) is 0 Å². The molecule has 24 heavy (non-hydrogen) atoms. The lowest BCUT2D eigenvalue weighted by atomic mass is 9.81. The van der Waals surface area contributed by atoms with Gasteiger partial charge in [0.2, 0.25) is 0 Å². The third-order valence-electron chi connectivity index (χ3n) is 5.21. The van der Waals surface area contributed by atoms with Crippen LogP contribution in [-0.4, -0.2) is 81.6 Å². The Morgan fingerprint density at radius 1 is 1.38 bits per heavy atom. The summed E-state index contributed by atoms with van der Waals surface area (Å²) in [5.74, 6) is 0.815. The Bertz CT molecular complexity index is 592. The number of aliphatic imine (C=N–C) groups is 3. The number of fused-ring (bicyclic) bond motifs is 1. The second-order valence-corrected chi connectivity index (χ2v) is 6.90. The summed E-state index contributed by atoms with van der Waals surface area (Å²) in [5.41, 5.74) is 6.11. The van der Waals surface area contributed by atoms with E-state index in [9.17, 15) is 15.3 Å². The van der Waals surface area contributed by atoms with Gasteiger partial charge in [0.25, 0.3) is 0 Å². The van der Waals surface area contributed by atoms with E-state index in [2.05, 4.69) is 28.8 Å². The van der Waals surface area contributed by atoms with E-state index in [1.165, 1.54) is 6.34 Å². The van der Waals surface area contributed by atoms with Crippen LogP contribution in [0.2, 0.25) is 0 Å². The molecular formula is C15H25N5O4. The highest BCUT2D eigenvalue weighted by Crippen LogP contribution is 2.33. The van der Waals surface area contributed by atoms with Crippen molar-refractivity contribution in [2.45, 2.75) is 51.0 Å². The number of hydrogen-bond acceptors (Lipinski definition) is 9. The standard InChI is InChI=1S/C15H25N5O4/c1-7(2)8(3)15(16)12-13(17-5-19-15)20(6-18-12)14-11(23)10(22)9(4-21)24-14/h5,7-11,14,21-23H,4,6,16H2,1-3H3/t8?,9-,10-,11-,14-,15?/m1/s1. The Balaban J connectivity index is 1.86. The topological polar surface area (TPSA) is 136 Å². The van der Waals surface area contributed by atoms with Crippen molar-refractivity contribution < 1.29 is 20.1 Å². The van der Waals surface area contributed by atoms with Gasteiger partial charge in [-0.05, 0) is 5.92 Å². The van der Waals surface area contributed by atoms with E-state index in [4.69, 9.17) is 10.5 Å². The summed E-state index contributed by atoms with van der Waals surface area (Å²) in [6.45, 7) is 5.98. The highest BCUT2D eigenvalue weighted by Gasteiger charge is 2.51. The Hall–Kier alpha value is -1.39. The fourth-order valence-corrected chi connectivity index (χ4v) is 3.28. The zero-order valence-corrected chi connectivity index (χ0v) is 14.1. The van der Waals surface area contributed by atoms with Crippen LogP contribution in [-0.2, 0) is 4.74 Å². The molecule has 0 amide bonds. The smallest absolute Gasteiger partial charge is 0.162 e. The lowest BCUT2D eigenvalue weighted by molar-refractivity contribution is -0.0688. The molecule has 3 aliphatic rings. The first-order chi connectivity index (χ1) is 11.3. The summed E-state index contributed by atoms with van der Waals surface area (Å²) in [4.78, 5) is 14.8. The van der Waals surface area contributed by atoms with Crippen molar-refractivity contribution in [1.29, 1.82) is 0 Å². The molecule has 9 heteroatoms. The van der Waals surface area contributed by atoms with Crippen LogP contribution in [0.1, 0.15) is 20.8 Å². The van der Waals surface area contributed by atoms with Crippen LogP contribution in [0.25, 0.3) is 0 Å². The fourth-order valence-electron chi connectivity index (χ4n) is 3.28. The summed E-state index contributed by atoms with van der Waals surface area (Å²) >= 11 is 0. The monoisotopic (exact) mass is 339 g/mol. The summed E-state index contributed by atoms with van der Waals surface area (Å²) < 4.78 is 5.58. The van der Waals surface area contributed by atoms with Crippen LogP contribution in [0.3, 0.4) is 0 Å². The van der Waals surface area contributed by atoms with Gasteiger partial charge < -0.3 is 30.7 Å². The summed E-state index contributed by atoms with van der Waals surface area (Å²) in [6.07, 6.45) is -2.62. The number of nitrogens with two attached hydrogens (primary N) is 1. The molecule has 3 rings (SSSR count). The Kier molecular flexibility index (Phi) is 4.47. The molecule has 0 spiro atoms. The minimum Gasteiger partial charge on any atom is -0.394 e. The van der Waals surface area contributed by atoms with Crippen molar-refractivity contribution in [3.05, 3.63) is 0 Å². The van der Waals surface area contributed by atoms with Crippen molar-refractivity contribution in [3.63, 3.8) is 0 Å². The highest BCUT2D eigenvalue weighted by molar-refractivity contribution is 6.47. The van der Waals surface area contributed by atoms with E-state index in [0.29, 0.717) is 11.5 Å². The summed E-state index contributed by atoms with van der Waals surface area (Å²) in [6, 6.07) is 0. The highest BCUT2D eigenvalue weighted by atomic mass is 16.6. The molecule has 3 heterocycles. The van der Waals surface area contributed by atoms with Gasteiger partial charge in [0, 0.05) is 5.92 Å². The van der Waals surface area contributed by atoms with Crippen LogP contribution >= 0.6 is 0 Å². The summed E-state index contributed by atoms with van der Waals surface area (Å²) in [5, 5.41) is 29.4. The first-order valence-electron chi connectivity index (χ1n) is 8.16. The Labute approximate surface area is 140 Å². The average molecular weight is 339 g/mol. The van der Waals surface area contributed by atoms with Crippen LogP contribution in [0, 0.1) is 11.8 Å². The molecule has 1 saturated heterocycles. The quantitative estimate of drug-likeness (QED) is 0.493. The molecule has 5 N–H and O–H groups in total. The predicted molar refractivity (Wildman–Crippen MR) is 88.7 cm³/mol. The maximum atomic E-state index is 10.2. The summed E-state index contributed by atoms with van der Waals surface area (Å²) in [7, 11) is 0. The molecule has 0 aromatic rings. The molecule has 0 aliphatic carbocycles. The molecule has 1 fully saturated rings. The molecule has 9 nitrogen and oxygen atoms in total. The Morgan fingerprint density at radius 2 is 2.08 bits per heavy atom. The van der Waals surface area contributed by atoms with Gasteiger partial charge in [0.15, 0.2) is 17.7 Å². The van der Waals surface area contributed by atoms with Gasteiger partial charge in [-0.3, -0.25) is 4.99 Å². The third-order valence-corrected chi connectivity index (χ3v) is 5.21. The number of aliphatic hydroxyl groups excluding tert-OH is 3. The average Bonchev–Trinajstić information content (AvgIpc) is 3.10. The molecule has 0 aromatic heterocycles. The van der Waals surface area contributed by atoms with E-state index < -0.39 is 30.2 Å². The number of nitrogens with zero attached hydrogens (tertiary/aromatic N) is 4. The van der Waals surface area contributed by atoms with Crippen molar-refractivity contribution in [1.82, 2.24) is 4.90 Å². The molecular weight excluding hydrogens is 314 g/mol. The second kappa shape index (κ2) is 6.16. The molecule has 0 aromatic carbocycles. The maximum Gasteiger partial charge on any atom is 0.162 e. The molecule has 3 aliphatic heterocycles. The second-order valence-electron chi connectivity index (χ2n) is 6.90. The number of rotatable bonds is 4. The van der Waals surface area contributed by atoms with Gasteiger partial charge in [0.05, 0.1) is 6.61 Å². The van der Waals surface area contributed by atoms with E-state index >= 15 is 0 Å². The van der Waals surface area contributed by atoms with Crippen LogP contribution in [0.4, 0.5) is 0 Å². The molecule has 0 saturated carbocycles. The van der Waals surface area contributed by atoms with Gasteiger partial charge >= 0.3 is 0 Å².